The van der Waals surface area contributed by atoms with Crippen molar-refractivity contribution in [1.29, 1.82) is 0 Å². The van der Waals surface area contributed by atoms with Crippen LogP contribution in [0.25, 0.3) is 0 Å². The fourth-order valence-electron chi connectivity index (χ4n) is 3.47. The summed E-state index contributed by atoms with van der Waals surface area (Å²) in [6.45, 7) is 9.21. The molecule has 1 heteroatoms. The Morgan fingerprint density at radius 2 is 1.48 bits per heavy atom. The summed E-state index contributed by atoms with van der Waals surface area (Å²) < 4.78 is 0. The highest BCUT2D eigenvalue weighted by atomic mass is 14.7. The number of benzene rings is 1. The summed E-state index contributed by atoms with van der Waals surface area (Å²) in [5, 5.41) is 0. The third-order valence-corrected chi connectivity index (χ3v) is 5.30. The van der Waals surface area contributed by atoms with Gasteiger partial charge in [-0.05, 0) is 73.1 Å². The first-order chi connectivity index (χ1) is 12.1. The van der Waals surface area contributed by atoms with Gasteiger partial charge in [0.25, 0.3) is 0 Å². The zero-order chi connectivity index (χ0) is 18.1. The summed E-state index contributed by atoms with van der Waals surface area (Å²) in [7, 11) is 0. The van der Waals surface area contributed by atoms with E-state index in [0.717, 1.165) is 31.1 Å². The van der Waals surface area contributed by atoms with Crippen LogP contribution in [-0.4, -0.2) is 4.98 Å². The molecular weight excluding hydrogens is 302 g/mol. The summed E-state index contributed by atoms with van der Waals surface area (Å²) in [5.41, 5.74) is 5.47. The molecule has 2 rings (SSSR count). The first-order valence-electron chi connectivity index (χ1n) is 10.1. The van der Waals surface area contributed by atoms with E-state index in [1.54, 1.807) is 0 Å². The van der Waals surface area contributed by atoms with E-state index >= 15 is 0 Å². The van der Waals surface area contributed by atoms with Crippen LogP contribution in [0.1, 0.15) is 69.3 Å². The van der Waals surface area contributed by atoms with Crippen molar-refractivity contribution < 1.29 is 0 Å². The molecule has 0 aliphatic heterocycles. The van der Waals surface area contributed by atoms with Crippen molar-refractivity contribution in [3.63, 3.8) is 0 Å². The van der Waals surface area contributed by atoms with E-state index in [-0.39, 0.29) is 0 Å². The van der Waals surface area contributed by atoms with Gasteiger partial charge in [0.05, 0.1) is 0 Å². The molecule has 1 nitrogen and oxygen atoms in total. The standard InChI is InChI=1S/C24H35N/c1-5-19(3)16-20(4)17-23-12-10-22(11-13-23)8-7-9-24-15-14-21(6-2)18-25-24/h10-15,18-20H,5-9,16-17H2,1-4H3. The minimum absolute atomic E-state index is 0.776. The molecule has 2 atom stereocenters. The van der Waals surface area contributed by atoms with Gasteiger partial charge < -0.3 is 0 Å². The minimum atomic E-state index is 0.776. The summed E-state index contributed by atoms with van der Waals surface area (Å²) in [6, 6.07) is 13.7. The quantitative estimate of drug-likeness (QED) is 0.486. The maximum absolute atomic E-state index is 4.56. The summed E-state index contributed by atoms with van der Waals surface area (Å²) in [5.74, 6) is 1.62. The number of rotatable bonds is 10. The second-order valence-corrected chi connectivity index (χ2v) is 7.74. The third-order valence-electron chi connectivity index (χ3n) is 5.30. The molecule has 0 amide bonds. The fourth-order valence-corrected chi connectivity index (χ4v) is 3.47. The van der Waals surface area contributed by atoms with Crippen molar-refractivity contribution >= 4 is 0 Å². The van der Waals surface area contributed by atoms with Crippen molar-refractivity contribution in [1.82, 2.24) is 4.98 Å². The van der Waals surface area contributed by atoms with Crippen LogP contribution in [0.15, 0.2) is 42.6 Å². The highest BCUT2D eigenvalue weighted by Crippen LogP contribution is 2.19. The second kappa shape index (κ2) is 10.4. The first-order valence-corrected chi connectivity index (χ1v) is 10.1. The molecule has 25 heavy (non-hydrogen) atoms. The highest BCUT2D eigenvalue weighted by molar-refractivity contribution is 5.23. The number of aromatic nitrogens is 1. The molecule has 0 aliphatic rings. The molecule has 0 saturated heterocycles. The number of pyridine rings is 1. The predicted octanol–water partition coefficient (Wildman–Crippen LogP) is 6.43. The molecule has 2 aromatic rings. The Kier molecular flexibility index (Phi) is 8.18. The summed E-state index contributed by atoms with van der Waals surface area (Å²) in [4.78, 5) is 4.56. The van der Waals surface area contributed by atoms with Gasteiger partial charge in [-0.15, -0.1) is 0 Å². The zero-order valence-electron chi connectivity index (χ0n) is 16.6. The Morgan fingerprint density at radius 3 is 2.08 bits per heavy atom. The summed E-state index contributed by atoms with van der Waals surface area (Å²) in [6.07, 6.45) is 10.3. The van der Waals surface area contributed by atoms with Crippen molar-refractivity contribution in [3.8, 4) is 0 Å². The van der Waals surface area contributed by atoms with E-state index < -0.39 is 0 Å². The van der Waals surface area contributed by atoms with Crippen LogP contribution in [0.2, 0.25) is 0 Å². The van der Waals surface area contributed by atoms with Gasteiger partial charge in [-0.1, -0.05) is 64.4 Å². The SMILES string of the molecule is CCc1ccc(CCCc2ccc(CC(C)CC(C)CC)cc2)nc1. The molecular formula is C24H35N. The Morgan fingerprint density at radius 1 is 0.800 bits per heavy atom. The second-order valence-electron chi connectivity index (χ2n) is 7.74. The van der Waals surface area contributed by atoms with E-state index in [4.69, 9.17) is 0 Å². The molecule has 1 aromatic carbocycles. The van der Waals surface area contributed by atoms with Crippen LogP contribution < -0.4 is 0 Å². The Bertz CT molecular complexity index is 597. The lowest BCUT2D eigenvalue weighted by Crippen LogP contribution is -2.05. The molecule has 136 valence electrons. The monoisotopic (exact) mass is 337 g/mol. The van der Waals surface area contributed by atoms with Crippen molar-refractivity contribution in [3.05, 3.63) is 65.0 Å². The predicted molar refractivity (Wildman–Crippen MR) is 109 cm³/mol. The maximum atomic E-state index is 4.56. The smallest absolute Gasteiger partial charge is 0.0403 e. The van der Waals surface area contributed by atoms with Crippen LogP contribution in [-0.2, 0) is 25.7 Å². The Labute approximate surface area is 154 Å². The molecule has 0 spiro atoms. The lowest BCUT2D eigenvalue weighted by molar-refractivity contribution is 0.404. The molecule has 0 fully saturated rings. The topological polar surface area (TPSA) is 12.9 Å². The van der Waals surface area contributed by atoms with Gasteiger partial charge in [0.15, 0.2) is 0 Å². The van der Waals surface area contributed by atoms with Crippen molar-refractivity contribution in [2.45, 2.75) is 72.6 Å². The number of aryl methyl sites for hydroxylation is 3. The van der Waals surface area contributed by atoms with Crippen LogP contribution in [0.4, 0.5) is 0 Å². The van der Waals surface area contributed by atoms with Gasteiger partial charge in [0.2, 0.25) is 0 Å². The average molecular weight is 338 g/mol. The van der Waals surface area contributed by atoms with E-state index in [2.05, 4.69) is 69.1 Å². The number of hydrogen-bond donors (Lipinski definition) is 0. The first kappa shape index (κ1) is 19.7. The molecule has 1 aromatic heterocycles. The maximum Gasteiger partial charge on any atom is 0.0403 e. The molecule has 0 saturated carbocycles. The molecule has 1 heterocycles. The molecule has 2 unspecified atom stereocenters. The highest BCUT2D eigenvalue weighted by Gasteiger charge is 2.08. The molecule has 0 bridgehead atoms. The van der Waals surface area contributed by atoms with Gasteiger partial charge in [0, 0.05) is 11.9 Å². The van der Waals surface area contributed by atoms with Gasteiger partial charge in [-0.3, -0.25) is 4.98 Å². The summed E-state index contributed by atoms with van der Waals surface area (Å²) >= 11 is 0. The van der Waals surface area contributed by atoms with E-state index in [1.807, 2.05) is 6.20 Å². The lowest BCUT2D eigenvalue weighted by Gasteiger charge is -2.16. The van der Waals surface area contributed by atoms with Crippen LogP contribution in [0, 0.1) is 11.8 Å². The molecule has 0 N–H and O–H groups in total. The largest absolute Gasteiger partial charge is 0.261 e. The van der Waals surface area contributed by atoms with E-state index in [1.165, 1.54) is 48.1 Å². The van der Waals surface area contributed by atoms with Crippen molar-refractivity contribution in [2.24, 2.45) is 11.8 Å². The normalized spacial score (nSPS) is 13.6. The Balaban J connectivity index is 1.75. The minimum Gasteiger partial charge on any atom is -0.261 e. The van der Waals surface area contributed by atoms with Gasteiger partial charge >= 0.3 is 0 Å². The average Bonchev–Trinajstić information content (AvgIpc) is 2.63. The van der Waals surface area contributed by atoms with Gasteiger partial charge in [-0.25, -0.2) is 0 Å². The zero-order valence-corrected chi connectivity index (χ0v) is 16.6. The van der Waals surface area contributed by atoms with Gasteiger partial charge in [0.1, 0.15) is 0 Å². The van der Waals surface area contributed by atoms with Crippen molar-refractivity contribution in [2.75, 3.05) is 0 Å². The fraction of sp³-hybridized carbons (Fsp3) is 0.542. The third kappa shape index (κ3) is 7.02. The lowest BCUT2D eigenvalue weighted by atomic mass is 9.90. The number of nitrogens with zero attached hydrogens (tertiary/aromatic N) is 1. The number of hydrogen-bond acceptors (Lipinski definition) is 1. The van der Waals surface area contributed by atoms with E-state index in [9.17, 15) is 0 Å². The van der Waals surface area contributed by atoms with E-state index in [0.29, 0.717) is 0 Å². The molecule has 0 aliphatic carbocycles. The van der Waals surface area contributed by atoms with Crippen LogP contribution in [0.3, 0.4) is 0 Å². The van der Waals surface area contributed by atoms with Crippen LogP contribution >= 0.6 is 0 Å². The Hall–Kier alpha value is -1.63. The van der Waals surface area contributed by atoms with Crippen LogP contribution in [0.5, 0.6) is 0 Å². The van der Waals surface area contributed by atoms with Gasteiger partial charge in [-0.2, -0.15) is 0 Å². The molecule has 0 radical (unpaired) electrons.